The van der Waals surface area contributed by atoms with Crippen LogP contribution in [-0.2, 0) is 11.3 Å². The van der Waals surface area contributed by atoms with Gasteiger partial charge >= 0.3 is 0 Å². The zero-order valence-corrected chi connectivity index (χ0v) is 14.9. The van der Waals surface area contributed by atoms with Crippen LogP contribution in [-0.4, -0.2) is 46.5 Å². The number of nitrogens with one attached hydrogen (secondary N) is 1. The van der Waals surface area contributed by atoms with Gasteiger partial charge in [-0.3, -0.25) is 14.2 Å². The van der Waals surface area contributed by atoms with Crippen LogP contribution in [0.4, 0.5) is 0 Å². The van der Waals surface area contributed by atoms with Crippen LogP contribution < -0.4 is 10.9 Å². The number of aromatic nitrogens is 2. The number of nitrogens with zero attached hydrogens (tertiary/aromatic N) is 3. The highest BCUT2D eigenvalue weighted by atomic mass is 35.5. The molecule has 1 N–H and O–H groups in total. The molecule has 0 unspecified atom stereocenters. The summed E-state index contributed by atoms with van der Waals surface area (Å²) in [7, 11) is 0. The van der Waals surface area contributed by atoms with Gasteiger partial charge in [-0.2, -0.15) is 0 Å². The first-order valence-electron chi connectivity index (χ1n) is 7.51. The maximum atomic E-state index is 12.5. The largest absolute Gasteiger partial charge is 0.340 e. The lowest BCUT2D eigenvalue weighted by Crippen LogP contribution is -2.46. The molecule has 126 valence electrons. The SMILES string of the molecule is Cc1sc2ncn(CCC(=O)N3CCNCC3)c(=O)c2c1C.Cl. The van der Waals surface area contributed by atoms with E-state index in [-0.39, 0.29) is 23.9 Å². The summed E-state index contributed by atoms with van der Waals surface area (Å²) < 4.78 is 1.56. The van der Waals surface area contributed by atoms with Gasteiger partial charge in [0.15, 0.2) is 0 Å². The summed E-state index contributed by atoms with van der Waals surface area (Å²) in [5.74, 6) is 0.103. The van der Waals surface area contributed by atoms with Crippen LogP contribution in [0.5, 0.6) is 0 Å². The average Bonchev–Trinajstić information content (AvgIpc) is 2.83. The third-order valence-electron chi connectivity index (χ3n) is 4.19. The molecule has 1 aliphatic rings. The summed E-state index contributed by atoms with van der Waals surface area (Å²) in [6.45, 7) is 7.51. The molecule has 2 aromatic rings. The van der Waals surface area contributed by atoms with E-state index in [1.807, 2.05) is 18.7 Å². The molecule has 0 saturated carbocycles. The topological polar surface area (TPSA) is 67.2 Å². The Kier molecular flexibility index (Phi) is 5.78. The Labute approximate surface area is 144 Å². The highest BCUT2D eigenvalue weighted by Gasteiger charge is 2.17. The summed E-state index contributed by atoms with van der Waals surface area (Å²) >= 11 is 1.54. The molecule has 0 atom stereocenters. The fraction of sp³-hybridized carbons (Fsp3) is 0.533. The molecule has 6 nitrogen and oxygen atoms in total. The monoisotopic (exact) mass is 356 g/mol. The van der Waals surface area contributed by atoms with Gasteiger partial charge in [0.25, 0.3) is 5.56 Å². The average molecular weight is 357 g/mol. The van der Waals surface area contributed by atoms with Crippen molar-refractivity contribution >= 4 is 39.9 Å². The smallest absolute Gasteiger partial charge is 0.262 e. The van der Waals surface area contributed by atoms with E-state index in [1.165, 1.54) is 0 Å². The van der Waals surface area contributed by atoms with E-state index in [4.69, 9.17) is 0 Å². The number of amides is 1. The maximum Gasteiger partial charge on any atom is 0.262 e. The Morgan fingerprint density at radius 1 is 1.35 bits per heavy atom. The minimum Gasteiger partial charge on any atom is -0.340 e. The number of fused-ring (bicyclic) bond motifs is 1. The molecule has 1 amide bonds. The van der Waals surface area contributed by atoms with Crippen molar-refractivity contribution in [3.8, 4) is 0 Å². The maximum absolute atomic E-state index is 12.5. The zero-order valence-electron chi connectivity index (χ0n) is 13.3. The Morgan fingerprint density at radius 2 is 2.04 bits per heavy atom. The minimum absolute atomic E-state index is 0. The highest BCUT2D eigenvalue weighted by molar-refractivity contribution is 7.18. The molecule has 3 heterocycles. The molecule has 0 aromatic carbocycles. The number of hydrogen-bond acceptors (Lipinski definition) is 5. The first-order chi connectivity index (χ1) is 10.6. The van der Waals surface area contributed by atoms with Gasteiger partial charge in [-0.15, -0.1) is 23.7 Å². The van der Waals surface area contributed by atoms with Crippen LogP contribution in [0.3, 0.4) is 0 Å². The molecule has 23 heavy (non-hydrogen) atoms. The quantitative estimate of drug-likeness (QED) is 0.900. The predicted molar refractivity (Wildman–Crippen MR) is 94.7 cm³/mol. The summed E-state index contributed by atoms with van der Waals surface area (Å²) in [6.07, 6.45) is 1.90. The predicted octanol–water partition coefficient (Wildman–Crippen LogP) is 1.32. The molecule has 8 heteroatoms. The van der Waals surface area contributed by atoms with E-state index in [1.54, 1.807) is 22.2 Å². The Bertz CT molecular complexity index is 765. The lowest BCUT2D eigenvalue weighted by Gasteiger charge is -2.27. The third-order valence-corrected chi connectivity index (χ3v) is 5.31. The van der Waals surface area contributed by atoms with Gasteiger partial charge in [-0.25, -0.2) is 4.98 Å². The van der Waals surface area contributed by atoms with E-state index < -0.39 is 0 Å². The van der Waals surface area contributed by atoms with Crippen LogP contribution in [0.2, 0.25) is 0 Å². The fourth-order valence-electron chi connectivity index (χ4n) is 2.72. The Morgan fingerprint density at radius 3 is 2.74 bits per heavy atom. The number of carbonyl (C=O) groups is 1. The van der Waals surface area contributed by atoms with Crippen LogP contribution in [0.1, 0.15) is 16.9 Å². The zero-order chi connectivity index (χ0) is 15.7. The number of halogens is 1. The molecule has 0 radical (unpaired) electrons. The molecular weight excluding hydrogens is 336 g/mol. The van der Waals surface area contributed by atoms with Crippen molar-refractivity contribution in [2.75, 3.05) is 26.2 Å². The minimum atomic E-state index is -0.0417. The molecule has 0 spiro atoms. The Hall–Kier alpha value is -1.44. The fourth-order valence-corrected chi connectivity index (χ4v) is 3.71. The Balaban J connectivity index is 0.00000192. The molecular formula is C15H21ClN4O2S. The number of thiophene rings is 1. The van der Waals surface area contributed by atoms with Gasteiger partial charge in [-0.05, 0) is 19.4 Å². The number of piperazine rings is 1. The van der Waals surface area contributed by atoms with Gasteiger partial charge in [0.2, 0.25) is 5.91 Å². The van der Waals surface area contributed by atoms with Crippen molar-refractivity contribution in [2.24, 2.45) is 0 Å². The van der Waals surface area contributed by atoms with E-state index >= 15 is 0 Å². The summed E-state index contributed by atoms with van der Waals surface area (Å²) in [5.41, 5.74) is 0.959. The standard InChI is InChI=1S/C15H20N4O2S.ClH/c1-10-11(2)22-14-13(10)15(21)19(9-17-14)6-3-12(20)18-7-4-16-5-8-18;/h9,16H,3-8H2,1-2H3;1H. The number of carbonyl (C=O) groups excluding carboxylic acids is 1. The summed E-state index contributed by atoms with van der Waals surface area (Å²) in [6, 6.07) is 0. The van der Waals surface area contributed by atoms with E-state index in [9.17, 15) is 9.59 Å². The molecule has 2 aromatic heterocycles. The lowest BCUT2D eigenvalue weighted by molar-refractivity contribution is -0.132. The third kappa shape index (κ3) is 3.57. The second kappa shape index (κ2) is 7.42. The van der Waals surface area contributed by atoms with E-state index in [2.05, 4.69) is 10.3 Å². The number of hydrogen-bond donors (Lipinski definition) is 1. The van der Waals surface area contributed by atoms with Crippen molar-refractivity contribution in [1.29, 1.82) is 0 Å². The van der Waals surface area contributed by atoms with E-state index in [0.717, 1.165) is 41.5 Å². The highest BCUT2D eigenvalue weighted by Crippen LogP contribution is 2.25. The summed E-state index contributed by atoms with van der Waals surface area (Å²) in [5, 5.41) is 3.92. The second-order valence-corrected chi connectivity index (χ2v) is 6.79. The van der Waals surface area contributed by atoms with Gasteiger partial charge in [0.05, 0.1) is 11.7 Å². The second-order valence-electron chi connectivity index (χ2n) is 5.59. The van der Waals surface area contributed by atoms with Crippen molar-refractivity contribution in [3.63, 3.8) is 0 Å². The molecule has 0 aliphatic carbocycles. The first-order valence-corrected chi connectivity index (χ1v) is 8.33. The van der Waals surface area contributed by atoms with Gasteiger partial charge in [0.1, 0.15) is 4.83 Å². The van der Waals surface area contributed by atoms with Gasteiger partial charge in [0, 0.05) is 44.0 Å². The normalized spacial score (nSPS) is 14.8. The molecule has 3 rings (SSSR count). The molecule has 0 bridgehead atoms. The molecule has 1 saturated heterocycles. The van der Waals surface area contributed by atoms with Gasteiger partial charge in [-0.1, -0.05) is 0 Å². The van der Waals surface area contributed by atoms with Crippen LogP contribution >= 0.6 is 23.7 Å². The van der Waals surface area contributed by atoms with Crippen LogP contribution in [0.25, 0.3) is 10.2 Å². The molecule has 1 fully saturated rings. The number of aryl methyl sites for hydroxylation is 3. The summed E-state index contributed by atoms with van der Waals surface area (Å²) in [4.78, 5) is 32.8. The van der Waals surface area contributed by atoms with Crippen molar-refractivity contribution < 1.29 is 4.79 Å². The van der Waals surface area contributed by atoms with Crippen LogP contribution in [0.15, 0.2) is 11.1 Å². The number of rotatable bonds is 3. The van der Waals surface area contributed by atoms with Crippen LogP contribution in [0, 0.1) is 13.8 Å². The van der Waals surface area contributed by atoms with Crippen molar-refractivity contribution in [2.45, 2.75) is 26.8 Å². The first kappa shape index (κ1) is 17.9. The lowest BCUT2D eigenvalue weighted by atomic mass is 10.2. The van der Waals surface area contributed by atoms with E-state index in [0.29, 0.717) is 18.4 Å². The van der Waals surface area contributed by atoms with Gasteiger partial charge < -0.3 is 10.2 Å². The molecule has 1 aliphatic heterocycles. The van der Waals surface area contributed by atoms with Crippen molar-refractivity contribution in [1.82, 2.24) is 19.8 Å². The van der Waals surface area contributed by atoms with Crippen molar-refractivity contribution in [3.05, 3.63) is 27.1 Å².